The predicted octanol–water partition coefficient (Wildman–Crippen LogP) is 0.820. The molecule has 0 radical (unpaired) electrons. The van der Waals surface area contributed by atoms with Crippen LogP contribution in [0.25, 0.3) is 0 Å². The third-order valence-electron chi connectivity index (χ3n) is 2.24. The molecule has 0 saturated carbocycles. The van der Waals surface area contributed by atoms with Crippen LogP contribution in [0.5, 0.6) is 0 Å². The van der Waals surface area contributed by atoms with E-state index in [1.54, 1.807) is 19.9 Å². The van der Waals surface area contributed by atoms with Gasteiger partial charge in [0.25, 0.3) is 5.56 Å². The van der Waals surface area contributed by atoms with Crippen LogP contribution >= 0.6 is 0 Å². The van der Waals surface area contributed by atoms with Crippen LogP contribution in [-0.4, -0.2) is 36.4 Å². The number of aliphatic imine (C=N–C) groups is 1. The van der Waals surface area contributed by atoms with Gasteiger partial charge in [-0.25, -0.2) is 0 Å². The lowest BCUT2D eigenvalue weighted by Gasteiger charge is -2.09. The van der Waals surface area contributed by atoms with E-state index < -0.39 is 23.4 Å². The van der Waals surface area contributed by atoms with Crippen molar-refractivity contribution in [1.82, 2.24) is 4.98 Å². The molecule has 0 aromatic carbocycles. The van der Waals surface area contributed by atoms with E-state index >= 15 is 0 Å². The van der Waals surface area contributed by atoms with Gasteiger partial charge in [0.15, 0.2) is 5.92 Å². The Balaban J connectivity index is 2.94. The molecule has 0 bridgehead atoms. The van der Waals surface area contributed by atoms with E-state index in [0.29, 0.717) is 0 Å². The first kappa shape index (κ1) is 15.6. The first-order valence-electron chi connectivity index (χ1n) is 6.15. The Hall–Kier alpha value is -2.44. The third-order valence-corrected chi connectivity index (χ3v) is 2.24. The summed E-state index contributed by atoms with van der Waals surface area (Å²) in [4.78, 5) is 41.0. The molecule has 0 aliphatic carbocycles. The molecule has 1 rings (SSSR count). The summed E-state index contributed by atoms with van der Waals surface area (Å²) < 4.78 is 9.55. The lowest BCUT2D eigenvalue weighted by Crippen LogP contribution is -2.29. The summed E-state index contributed by atoms with van der Waals surface area (Å²) in [5.41, 5.74) is -0.332. The van der Waals surface area contributed by atoms with E-state index in [2.05, 4.69) is 9.98 Å². The van der Waals surface area contributed by atoms with Crippen molar-refractivity contribution >= 4 is 23.8 Å². The lowest BCUT2D eigenvalue weighted by atomic mass is 10.2. The van der Waals surface area contributed by atoms with Crippen LogP contribution in [0, 0.1) is 5.92 Å². The Labute approximate surface area is 115 Å². The first-order valence-corrected chi connectivity index (χ1v) is 6.15. The number of hydrogen-bond acceptors (Lipinski definition) is 6. The number of carbonyl (C=O) groups excluding carboxylic acids is 2. The molecule has 0 aliphatic rings. The largest absolute Gasteiger partial charge is 0.465 e. The Morgan fingerprint density at radius 3 is 2.40 bits per heavy atom. The summed E-state index contributed by atoms with van der Waals surface area (Å²) in [6, 6.07) is 3.04. The Kier molecular flexibility index (Phi) is 6.15. The third kappa shape index (κ3) is 4.34. The van der Waals surface area contributed by atoms with E-state index in [4.69, 9.17) is 9.47 Å². The molecule has 7 heteroatoms. The maximum atomic E-state index is 11.7. The van der Waals surface area contributed by atoms with Crippen LogP contribution < -0.4 is 5.56 Å². The zero-order valence-corrected chi connectivity index (χ0v) is 11.3. The van der Waals surface area contributed by atoms with Crippen molar-refractivity contribution in [2.24, 2.45) is 10.9 Å². The van der Waals surface area contributed by atoms with Crippen molar-refractivity contribution in [3.05, 3.63) is 28.7 Å². The zero-order chi connectivity index (χ0) is 15.0. The van der Waals surface area contributed by atoms with E-state index in [9.17, 15) is 14.4 Å². The molecule has 0 fully saturated rings. The molecular formula is C13H16N2O5. The molecule has 0 amide bonds. The van der Waals surface area contributed by atoms with E-state index in [1.165, 1.54) is 12.3 Å². The summed E-state index contributed by atoms with van der Waals surface area (Å²) in [6.07, 6.45) is 2.51. The van der Waals surface area contributed by atoms with Crippen LogP contribution in [0.4, 0.5) is 5.69 Å². The minimum absolute atomic E-state index is 0.0890. The minimum Gasteiger partial charge on any atom is -0.465 e. The molecular weight excluding hydrogens is 264 g/mol. The van der Waals surface area contributed by atoms with Gasteiger partial charge < -0.3 is 14.5 Å². The molecule has 1 aromatic rings. The number of carbonyl (C=O) groups is 2. The maximum absolute atomic E-state index is 11.7. The number of aromatic amines is 1. The summed E-state index contributed by atoms with van der Waals surface area (Å²) in [7, 11) is 0. The fourth-order valence-corrected chi connectivity index (χ4v) is 1.35. The smallest absolute Gasteiger partial charge is 0.325 e. The second-order valence-electron chi connectivity index (χ2n) is 3.64. The van der Waals surface area contributed by atoms with Gasteiger partial charge in [-0.05, 0) is 26.0 Å². The SMILES string of the molecule is CCOC(=O)C(C=Nc1ccc[nH]c1=O)C(=O)OCC. The normalized spacial score (nSPS) is 10.8. The molecule has 0 atom stereocenters. The van der Waals surface area contributed by atoms with Crippen molar-refractivity contribution in [2.45, 2.75) is 13.8 Å². The Morgan fingerprint density at radius 2 is 1.90 bits per heavy atom. The fourth-order valence-electron chi connectivity index (χ4n) is 1.35. The van der Waals surface area contributed by atoms with Gasteiger partial charge in [0.2, 0.25) is 0 Å². The summed E-state index contributed by atoms with van der Waals surface area (Å²) in [5.74, 6) is -2.81. The van der Waals surface area contributed by atoms with Gasteiger partial charge in [-0.15, -0.1) is 0 Å². The van der Waals surface area contributed by atoms with Crippen molar-refractivity contribution in [1.29, 1.82) is 0 Å². The highest BCUT2D eigenvalue weighted by atomic mass is 16.6. The number of rotatable bonds is 6. The van der Waals surface area contributed by atoms with Gasteiger partial charge in [0, 0.05) is 12.4 Å². The van der Waals surface area contributed by atoms with Crippen LogP contribution in [-0.2, 0) is 19.1 Å². The number of aromatic nitrogens is 1. The molecule has 0 unspecified atom stereocenters. The van der Waals surface area contributed by atoms with E-state index in [-0.39, 0.29) is 18.9 Å². The molecule has 20 heavy (non-hydrogen) atoms. The second-order valence-corrected chi connectivity index (χ2v) is 3.64. The monoisotopic (exact) mass is 280 g/mol. The zero-order valence-electron chi connectivity index (χ0n) is 11.3. The van der Waals surface area contributed by atoms with Crippen molar-refractivity contribution in [3.63, 3.8) is 0 Å². The standard InChI is InChI=1S/C13H16N2O5/c1-3-19-12(17)9(13(18)20-4-2)8-15-10-6-5-7-14-11(10)16/h5-9H,3-4H2,1-2H3,(H,14,16). The van der Waals surface area contributed by atoms with Gasteiger partial charge in [-0.3, -0.25) is 19.4 Å². The van der Waals surface area contributed by atoms with Gasteiger partial charge in [-0.2, -0.15) is 0 Å². The number of H-pyrrole nitrogens is 1. The number of nitrogens with zero attached hydrogens (tertiary/aromatic N) is 1. The van der Waals surface area contributed by atoms with Crippen LogP contribution in [0.2, 0.25) is 0 Å². The fraction of sp³-hybridized carbons (Fsp3) is 0.385. The van der Waals surface area contributed by atoms with Gasteiger partial charge in [0.1, 0.15) is 5.69 Å². The van der Waals surface area contributed by atoms with E-state index in [1.807, 2.05) is 0 Å². The molecule has 0 aliphatic heterocycles. The molecule has 1 heterocycles. The number of hydrogen-bond donors (Lipinski definition) is 1. The highest BCUT2D eigenvalue weighted by Crippen LogP contribution is 2.06. The number of pyridine rings is 1. The predicted molar refractivity (Wildman–Crippen MR) is 72.0 cm³/mol. The maximum Gasteiger partial charge on any atom is 0.325 e. The highest BCUT2D eigenvalue weighted by Gasteiger charge is 2.27. The van der Waals surface area contributed by atoms with Gasteiger partial charge in [0.05, 0.1) is 13.2 Å². The number of ether oxygens (including phenoxy) is 2. The highest BCUT2D eigenvalue weighted by molar-refractivity contribution is 6.09. The summed E-state index contributed by atoms with van der Waals surface area (Å²) in [5, 5.41) is 0. The van der Waals surface area contributed by atoms with Crippen molar-refractivity contribution in [2.75, 3.05) is 13.2 Å². The number of esters is 2. The van der Waals surface area contributed by atoms with Crippen molar-refractivity contribution in [3.8, 4) is 0 Å². The van der Waals surface area contributed by atoms with E-state index in [0.717, 1.165) is 6.21 Å². The van der Waals surface area contributed by atoms with Gasteiger partial charge >= 0.3 is 11.9 Å². The molecule has 1 aromatic heterocycles. The van der Waals surface area contributed by atoms with Crippen LogP contribution in [0.1, 0.15) is 13.8 Å². The summed E-state index contributed by atoms with van der Waals surface area (Å²) >= 11 is 0. The Morgan fingerprint density at radius 1 is 1.30 bits per heavy atom. The van der Waals surface area contributed by atoms with Crippen molar-refractivity contribution < 1.29 is 19.1 Å². The molecule has 7 nitrogen and oxygen atoms in total. The lowest BCUT2D eigenvalue weighted by molar-refractivity contribution is -0.157. The molecule has 0 spiro atoms. The van der Waals surface area contributed by atoms with Gasteiger partial charge in [-0.1, -0.05) is 0 Å². The average molecular weight is 280 g/mol. The molecule has 1 N–H and O–H groups in total. The van der Waals surface area contributed by atoms with Crippen LogP contribution in [0.3, 0.4) is 0 Å². The first-order chi connectivity index (χ1) is 9.60. The molecule has 0 saturated heterocycles. The second kappa shape index (κ2) is 7.88. The Bertz CT molecular complexity index is 532. The van der Waals surface area contributed by atoms with Crippen LogP contribution in [0.15, 0.2) is 28.1 Å². The molecule has 108 valence electrons. The minimum atomic E-state index is -1.28. The topological polar surface area (TPSA) is 97.8 Å². The summed E-state index contributed by atoms with van der Waals surface area (Å²) in [6.45, 7) is 3.52. The average Bonchev–Trinajstić information content (AvgIpc) is 2.41. The number of nitrogens with one attached hydrogen (secondary N) is 1. The quantitative estimate of drug-likeness (QED) is 0.472.